The lowest BCUT2D eigenvalue weighted by atomic mass is 10.2. The SMILES string of the molecule is CCCCCNC(=O)Cn1cnc2c([nH]c3cc(OC)c(OC)cc32)c1=O. The maximum absolute atomic E-state index is 12.8. The van der Waals surface area contributed by atoms with Crippen LogP contribution in [-0.4, -0.2) is 41.2 Å². The Balaban J connectivity index is 1.91. The van der Waals surface area contributed by atoms with Crippen molar-refractivity contribution in [1.82, 2.24) is 19.9 Å². The van der Waals surface area contributed by atoms with Crippen LogP contribution in [0.4, 0.5) is 0 Å². The van der Waals surface area contributed by atoms with Gasteiger partial charge in [-0.25, -0.2) is 4.98 Å². The van der Waals surface area contributed by atoms with Crippen molar-refractivity contribution < 1.29 is 14.3 Å². The van der Waals surface area contributed by atoms with Crippen molar-refractivity contribution >= 4 is 27.8 Å². The Labute approximate surface area is 156 Å². The number of carbonyl (C=O) groups excluding carboxylic acids is 1. The summed E-state index contributed by atoms with van der Waals surface area (Å²) in [6, 6.07) is 3.55. The molecule has 0 fully saturated rings. The Morgan fingerprint density at radius 1 is 1.22 bits per heavy atom. The number of carbonyl (C=O) groups is 1. The third-order valence-electron chi connectivity index (χ3n) is 4.49. The molecule has 2 N–H and O–H groups in total. The lowest BCUT2D eigenvalue weighted by molar-refractivity contribution is -0.121. The van der Waals surface area contributed by atoms with E-state index in [1.165, 1.54) is 10.9 Å². The maximum atomic E-state index is 12.8. The summed E-state index contributed by atoms with van der Waals surface area (Å²) < 4.78 is 11.9. The van der Waals surface area contributed by atoms with Crippen molar-refractivity contribution in [2.45, 2.75) is 32.7 Å². The summed E-state index contributed by atoms with van der Waals surface area (Å²) in [7, 11) is 3.11. The van der Waals surface area contributed by atoms with Crippen LogP contribution >= 0.6 is 0 Å². The quantitative estimate of drug-likeness (QED) is 0.591. The van der Waals surface area contributed by atoms with E-state index in [0.29, 0.717) is 34.6 Å². The Hall–Kier alpha value is -3.03. The van der Waals surface area contributed by atoms with Gasteiger partial charge in [0.2, 0.25) is 5.91 Å². The monoisotopic (exact) mass is 372 g/mol. The summed E-state index contributed by atoms with van der Waals surface area (Å²) in [5, 5.41) is 3.59. The fourth-order valence-electron chi connectivity index (χ4n) is 3.05. The fourth-order valence-corrected chi connectivity index (χ4v) is 3.05. The van der Waals surface area contributed by atoms with Crippen LogP contribution in [0.1, 0.15) is 26.2 Å². The molecule has 3 aromatic rings. The summed E-state index contributed by atoms with van der Waals surface area (Å²) in [5.74, 6) is 0.917. The molecule has 1 amide bonds. The van der Waals surface area contributed by atoms with Crippen LogP contribution < -0.4 is 20.3 Å². The van der Waals surface area contributed by atoms with Crippen molar-refractivity contribution in [2.75, 3.05) is 20.8 Å². The molecule has 0 spiro atoms. The highest BCUT2D eigenvalue weighted by Crippen LogP contribution is 2.34. The van der Waals surface area contributed by atoms with E-state index in [-0.39, 0.29) is 18.0 Å². The molecule has 0 radical (unpaired) electrons. The van der Waals surface area contributed by atoms with E-state index in [0.717, 1.165) is 24.6 Å². The molecule has 0 aliphatic heterocycles. The molecule has 0 saturated heterocycles. The van der Waals surface area contributed by atoms with Gasteiger partial charge in [0.15, 0.2) is 11.5 Å². The molecule has 0 aliphatic carbocycles. The highest BCUT2D eigenvalue weighted by molar-refractivity contribution is 6.05. The Kier molecular flexibility index (Phi) is 5.63. The second kappa shape index (κ2) is 8.11. The van der Waals surface area contributed by atoms with Crippen molar-refractivity contribution in [3.8, 4) is 11.5 Å². The molecule has 0 unspecified atom stereocenters. The van der Waals surface area contributed by atoms with E-state index < -0.39 is 0 Å². The van der Waals surface area contributed by atoms with Crippen molar-refractivity contribution in [3.63, 3.8) is 0 Å². The Bertz CT molecular complexity index is 1020. The fraction of sp³-hybridized carbons (Fsp3) is 0.421. The van der Waals surface area contributed by atoms with Crippen molar-refractivity contribution in [3.05, 3.63) is 28.8 Å². The van der Waals surface area contributed by atoms with Crippen LogP contribution in [0.15, 0.2) is 23.3 Å². The first-order valence-electron chi connectivity index (χ1n) is 8.98. The topological polar surface area (TPSA) is 98.2 Å². The number of H-pyrrole nitrogens is 1. The number of unbranched alkanes of at least 4 members (excludes halogenated alkanes) is 2. The van der Waals surface area contributed by atoms with E-state index >= 15 is 0 Å². The molecule has 27 heavy (non-hydrogen) atoms. The second-order valence-electron chi connectivity index (χ2n) is 6.34. The molecule has 2 aromatic heterocycles. The number of aromatic nitrogens is 3. The second-order valence-corrected chi connectivity index (χ2v) is 6.34. The van der Waals surface area contributed by atoms with Gasteiger partial charge in [0.05, 0.1) is 26.1 Å². The normalized spacial score (nSPS) is 11.1. The first-order valence-corrected chi connectivity index (χ1v) is 8.98. The smallest absolute Gasteiger partial charge is 0.278 e. The third kappa shape index (κ3) is 3.74. The summed E-state index contributed by atoms with van der Waals surface area (Å²) in [6.07, 6.45) is 4.49. The van der Waals surface area contributed by atoms with Crippen LogP contribution in [0.25, 0.3) is 21.9 Å². The molecule has 8 nitrogen and oxygen atoms in total. The van der Waals surface area contributed by atoms with Gasteiger partial charge in [-0.15, -0.1) is 0 Å². The molecule has 0 atom stereocenters. The zero-order chi connectivity index (χ0) is 19.4. The zero-order valence-corrected chi connectivity index (χ0v) is 15.8. The van der Waals surface area contributed by atoms with Crippen molar-refractivity contribution in [1.29, 1.82) is 0 Å². The first-order chi connectivity index (χ1) is 13.1. The number of amides is 1. The number of fused-ring (bicyclic) bond motifs is 3. The zero-order valence-electron chi connectivity index (χ0n) is 15.8. The standard InChI is InChI=1S/C19H24N4O4/c1-4-5-6-7-20-16(24)10-23-11-21-17-12-8-14(26-2)15(27-3)9-13(12)22-18(17)19(23)25/h8-9,11,22H,4-7,10H2,1-3H3,(H,20,24). The predicted octanol–water partition coefficient (Wildman–Crippen LogP) is 2.20. The van der Waals surface area contributed by atoms with Gasteiger partial charge in [-0.2, -0.15) is 0 Å². The van der Waals surface area contributed by atoms with Gasteiger partial charge >= 0.3 is 0 Å². The average molecular weight is 372 g/mol. The molecule has 0 saturated carbocycles. The minimum Gasteiger partial charge on any atom is -0.493 e. The number of rotatable bonds is 8. The lowest BCUT2D eigenvalue weighted by Gasteiger charge is -2.07. The lowest BCUT2D eigenvalue weighted by Crippen LogP contribution is -2.33. The number of benzene rings is 1. The number of hydrogen-bond acceptors (Lipinski definition) is 5. The minimum absolute atomic E-state index is 0.0596. The number of ether oxygens (including phenoxy) is 2. The molecular formula is C19H24N4O4. The molecule has 2 heterocycles. The van der Waals surface area contributed by atoms with Crippen LogP contribution in [-0.2, 0) is 11.3 Å². The number of nitrogens with one attached hydrogen (secondary N) is 2. The average Bonchev–Trinajstić information content (AvgIpc) is 3.04. The largest absolute Gasteiger partial charge is 0.493 e. The number of hydrogen-bond donors (Lipinski definition) is 2. The third-order valence-corrected chi connectivity index (χ3v) is 4.49. The van der Waals surface area contributed by atoms with Gasteiger partial charge in [-0.05, 0) is 12.5 Å². The predicted molar refractivity (Wildman–Crippen MR) is 103 cm³/mol. The van der Waals surface area contributed by atoms with E-state index in [1.807, 2.05) is 0 Å². The number of aromatic amines is 1. The summed E-state index contributed by atoms with van der Waals surface area (Å²) in [4.78, 5) is 32.3. The molecular weight excluding hydrogens is 348 g/mol. The van der Waals surface area contributed by atoms with Crippen LogP contribution in [0.2, 0.25) is 0 Å². The van der Waals surface area contributed by atoms with Crippen molar-refractivity contribution in [2.24, 2.45) is 0 Å². The van der Waals surface area contributed by atoms with Crippen LogP contribution in [0.3, 0.4) is 0 Å². The summed E-state index contributed by atoms with van der Waals surface area (Å²) in [6.45, 7) is 2.66. The van der Waals surface area contributed by atoms with Gasteiger partial charge in [0.1, 0.15) is 17.6 Å². The molecule has 0 aliphatic rings. The van der Waals surface area contributed by atoms with Crippen LogP contribution in [0.5, 0.6) is 11.5 Å². The van der Waals surface area contributed by atoms with E-state index in [1.54, 1.807) is 26.4 Å². The molecule has 8 heteroatoms. The van der Waals surface area contributed by atoms with Gasteiger partial charge in [-0.3, -0.25) is 14.2 Å². The number of nitrogens with zero attached hydrogens (tertiary/aromatic N) is 2. The summed E-state index contributed by atoms with van der Waals surface area (Å²) in [5.41, 5.74) is 1.31. The van der Waals surface area contributed by atoms with Gasteiger partial charge < -0.3 is 19.8 Å². The Morgan fingerprint density at radius 2 is 1.96 bits per heavy atom. The summed E-state index contributed by atoms with van der Waals surface area (Å²) >= 11 is 0. The molecule has 3 rings (SSSR count). The van der Waals surface area contributed by atoms with Crippen LogP contribution in [0, 0.1) is 0 Å². The van der Waals surface area contributed by atoms with Gasteiger partial charge in [0.25, 0.3) is 5.56 Å². The highest BCUT2D eigenvalue weighted by Gasteiger charge is 2.15. The van der Waals surface area contributed by atoms with E-state index in [9.17, 15) is 9.59 Å². The Morgan fingerprint density at radius 3 is 2.67 bits per heavy atom. The van der Waals surface area contributed by atoms with Gasteiger partial charge in [-0.1, -0.05) is 19.8 Å². The molecule has 0 bridgehead atoms. The molecule has 1 aromatic carbocycles. The molecule has 144 valence electrons. The van der Waals surface area contributed by atoms with E-state index in [2.05, 4.69) is 22.2 Å². The maximum Gasteiger partial charge on any atom is 0.278 e. The first kappa shape index (κ1) is 18.8. The highest BCUT2D eigenvalue weighted by atomic mass is 16.5. The van der Waals surface area contributed by atoms with E-state index in [4.69, 9.17) is 9.47 Å². The van der Waals surface area contributed by atoms with Gasteiger partial charge in [0, 0.05) is 18.0 Å². The number of methoxy groups -OCH3 is 2. The minimum atomic E-state index is -0.294.